The van der Waals surface area contributed by atoms with Gasteiger partial charge in [0.05, 0.1) is 6.42 Å². The normalized spacial score (nSPS) is 21.2. The standard InChI is InChI=1S/C17H25N3O2/c1-20(2)16(21)10-12-6-8-15(9-7-12)19-17(22)13-4-3-5-14(18)11-13/h6-9,13-14H,3-5,10-11,18H2,1-2H3,(H,19,22). The highest BCUT2D eigenvalue weighted by atomic mass is 16.2. The van der Waals surface area contributed by atoms with E-state index in [4.69, 9.17) is 5.73 Å². The van der Waals surface area contributed by atoms with Crippen molar-refractivity contribution in [2.75, 3.05) is 19.4 Å². The molecule has 0 aliphatic heterocycles. The molecule has 5 heteroatoms. The zero-order valence-corrected chi connectivity index (χ0v) is 13.3. The molecule has 1 aliphatic carbocycles. The summed E-state index contributed by atoms with van der Waals surface area (Å²) >= 11 is 0. The fourth-order valence-corrected chi connectivity index (χ4v) is 2.75. The van der Waals surface area contributed by atoms with Crippen molar-refractivity contribution in [3.63, 3.8) is 0 Å². The number of likely N-dealkylation sites (N-methyl/N-ethyl adjacent to an activating group) is 1. The van der Waals surface area contributed by atoms with Crippen LogP contribution in [0.4, 0.5) is 5.69 Å². The number of amides is 2. The van der Waals surface area contributed by atoms with E-state index in [2.05, 4.69) is 5.32 Å². The third kappa shape index (κ3) is 4.56. The third-order valence-corrected chi connectivity index (χ3v) is 4.16. The maximum atomic E-state index is 12.2. The van der Waals surface area contributed by atoms with Crippen LogP contribution in [-0.2, 0) is 16.0 Å². The number of anilines is 1. The summed E-state index contributed by atoms with van der Waals surface area (Å²) in [4.78, 5) is 25.5. The highest BCUT2D eigenvalue weighted by molar-refractivity contribution is 5.92. The number of nitrogens with two attached hydrogens (primary N) is 1. The Morgan fingerprint density at radius 3 is 2.50 bits per heavy atom. The Balaban J connectivity index is 1.90. The van der Waals surface area contributed by atoms with Crippen molar-refractivity contribution in [2.45, 2.75) is 38.1 Å². The second-order valence-electron chi connectivity index (χ2n) is 6.27. The molecule has 0 aromatic heterocycles. The van der Waals surface area contributed by atoms with Gasteiger partial charge in [-0.3, -0.25) is 9.59 Å². The van der Waals surface area contributed by atoms with Crippen molar-refractivity contribution in [1.29, 1.82) is 0 Å². The molecule has 1 saturated carbocycles. The van der Waals surface area contributed by atoms with Gasteiger partial charge in [-0.05, 0) is 37.0 Å². The first kappa shape index (κ1) is 16.5. The van der Waals surface area contributed by atoms with E-state index in [1.165, 1.54) is 0 Å². The minimum absolute atomic E-state index is 0.0127. The van der Waals surface area contributed by atoms with Crippen molar-refractivity contribution in [3.8, 4) is 0 Å². The van der Waals surface area contributed by atoms with Gasteiger partial charge in [-0.15, -0.1) is 0 Å². The molecule has 0 saturated heterocycles. The number of nitrogens with one attached hydrogen (secondary N) is 1. The third-order valence-electron chi connectivity index (χ3n) is 4.16. The summed E-state index contributed by atoms with van der Waals surface area (Å²) in [7, 11) is 3.48. The Morgan fingerprint density at radius 2 is 1.91 bits per heavy atom. The molecule has 5 nitrogen and oxygen atoms in total. The molecular weight excluding hydrogens is 278 g/mol. The fraction of sp³-hybridized carbons (Fsp3) is 0.529. The van der Waals surface area contributed by atoms with Crippen molar-refractivity contribution in [1.82, 2.24) is 4.90 Å². The van der Waals surface area contributed by atoms with E-state index in [1.54, 1.807) is 19.0 Å². The van der Waals surface area contributed by atoms with E-state index in [-0.39, 0.29) is 23.8 Å². The van der Waals surface area contributed by atoms with Crippen LogP contribution in [0.2, 0.25) is 0 Å². The lowest BCUT2D eigenvalue weighted by Gasteiger charge is -2.25. The van der Waals surface area contributed by atoms with E-state index >= 15 is 0 Å². The Labute approximate surface area is 131 Å². The van der Waals surface area contributed by atoms with Crippen molar-refractivity contribution in [3.05, 3.63) is 29.8 Å². The summed E-state index contributed by atoms with van der Waals surface area (Å²) in [6, 6.07) is 7.59. The predicted octanol–water partition coefficient (Wildman–Crippen LogP) is 1.77. The molecule has 2 rings (SSSR count). The van der Waals surface area contributed by atoms with Crippen molar-refractivity contribution >= 4 is 17.5 Å². The Hall–Kier alpha value is -1.88. The molecule has 1 aromatic carbocycles. The quantitative estimate of drug-likeness (QED) is 0.890. The summed E-state index contributed by atoms with van der Waals surface area (Å²) in [5, 5.41) is 2.95. The van der Waals surface area contributed by atoms with Crippen molar-refractivity contribution < 1.29 is 9.59 Å². The molecular formula is C17H25N3O2. The van der Waals surface area contributed by atoms with Gasteiger partial charge in [0.1, 0.15) is 0 Å². The summed E-state index contributed by atoms with van der Waals surface area (Å²) in [6.45, 7) is 0. The van der Waals surface area contributed by atoms with Crippen LogP contribution in [0.25, 0.3) is 0 Å². The average Bonchev–Trinajstić information content (AvgIpc) is 2.49. The number of benzene rings is 1. The minimum atomic E-state index is 0.0127. The van der Waals surface area contributed by atoms with Crippen LogP contribution < -0.4 is 11.1 Å². The van der Waals surface area contributed by atoms with Crippen LogP contribution in [0.1, 0.15) is 31.2 Å². The van der Waals surface area contributed by atoms with Gasteiger partial charge in [-0.1, -0.05) is 18.6 Å². The van der Waals surface area contributed by atoms with E-state index in [0.29, 0.717) is 6.42 Å². The fourth-order valence-electron chi connectivity index (χ4n) is 2.75. The van der Waals surface area contributed by atoms with Gasteiger partial charge in [0.15, 0.2) is 0 Å². The number of carbonyl (C=O) groups excluding carboxylic acids is 2. The van der Waals surface area contributed by atoms with Crippen LogP contribution in [0.5, 0.6) is 0 Å². The highest BCUT2D eigenvalue weighted by Crippen LogP contribution is 2.24. The van der Waals surface area contributed by atoms with Crippen LogP contribution >= 0.6 is 0 Å². The molecule has 22 heavy (non-hydrogen) atoms. The molecule has 2 atom stereocenters. The molecule has 2 unspecified atom stereocenters. The van der Waals surface area contributed by atoms with Gasteiger partial charge in [0.2, 0.25) is 11.8 Å². The summed E-state index contributed by atoms with van der Waals surface area (Å²) in [5.41, 5.74) is 7.64. The van der Waals surface area contributed by atoms with Gasteiger partial charge < -0.3 is 16.0 Å². The average molecular weight is 303 g/mol. The van der Waals surface area contributed by atoms with E-state index in [0.717, 1.165) is 36.9 Å². The van der Waals surface area contributed by atoms with Gasteiger partial charge in [0, 0.05) is 31.7 Å². The van der Waals surface area contributed by atoms with Gasteiger partial charge in [-0.2, -0.15) is 0 Å². The number of carbonyl (C=O) groups is 2. The molecule has 0 bridgehead atoms. The number of nitrogens with zero attached hydrogens (tertiary/aromatic N) is 1. The molecule has 3 N–H and O–H groups in total. The highest BCUT2D eigenvalue weighted by Gasteiger charge is 2.25. The summed E-state index contributed by atoms with van der Waals surface area (Å²) < 4.78 is 0. The minimum Gasteiger partial charge on any atom is -0.349 e. The van der Waals surface area contributed by atoms with Crippen LogP contribution in [0.3, 0.4) is 0 Å². The van der Waals surface area contributed by atoms with E-state index < -0.39 is 0 Å². The topological polar surface area (TPSA) is 75.4 Å². The first-order valence-corrected chi connectivity index (χ1v) is 7.81. The maximum absolute atomic E-state index is 12.2. The van der Waals surface area contributed by atoms with Crippen LogP contribution in [-0.4, -0.2) is 36.9 Å². The van der Waals surface area contributed by atoms with Gasteiger partial charge in [-0.25, -0.2) is 0 Å². The van der Waals surface area contributed by atoms with Crippen LogP contribution in [0.15, 0.2) is 24.3 Å². The molecule has 0 spiro atoms. The maximum Gasteiger partial charge on any atom is 0.227 e. The monoisotopic (exact) mass is 303 g/mol. The van der Waals surface area contributed by atoms with Gasteiger partial charge in [0.25, 0.3) is 0 Å². The number of hydrogen-bond donors (Lipinski definition) is 2. The van der Waals surface area contributed by atoms with Gasteiger partial charge >= 0.3 is 0 Å². The molecule has 0 radical (unpaired) electrons. The predicted molar refractivity (Wildman–Crippen MR) is 87.4 cm³/mol. The largest absolute Gasteiger partial charge is 0.349 e. The first-order chi connectivity index (χ1) is 10.5. The lowest BCUT2D eigenvalue weighted by atomic mass is 9.85. The Bertz CT molecular complexity index is 525. The number of rotatable bonds is 4. The summed E-state index contributed by atoms with van der Waals surface area (Å²) in [5.74, 6) is 0.124. The van der Waals surface area contributed by atoms with Crippen molar-refractivity contribution in [2.24, 2.45) is 11.7 Å². The smallest absolute Gasteiger partial charge is 0.227 e. The second kappa shape index (κ2) is 7.40. The molecule has 1 fully saturated rings. The second-order valence-corrected chi connectivity index (χ2v) is 6.27. The van der Waals surface area contributed by atoms with E-state index in [1.807, 2.05) is 24.3 Å². The Morgan fingerprint density at radius 1 is 1.23 bits per heavy atom. The summed E-state index contributed by atoms with van der Waals surface area (Å²) in [6.07, 6.45) is 4.08. The van der Waals surface area contributed by atoms with Crippen LogP contribution in [0, 0.1) is 5.92 Å². The molecule has 0 heterocycles. The first-order valence-electron chi connectivity index (χ1n) is 7.81. The molecule has 120 valence electrons. The van der Waals surface area contributed by atoms with E-state index in [9.17, 15) is 9.59 Å². The molecule has 2 amide bonds. The lowest BCUT2D eigenvalue weighted by molar-refractivity contribution is -0.128. The lowest BCUT2D eigenvalue weighted by Crippen LogP contribution is -2.34. The zero-order chi connectivity index (χ0) is 16.1. The number of hydrogen-bond acceptors (Lipinski definition) is 3. The Kier molecular flexibility index (Phi) is 5.55. The molecule has 1 aliphatic rings. The molecule has 1 aromatic rings. The zero-order valence-electron chi connectivity index (χ0n) is 13.3. The SMILES string of the molecule is CN(C)C(=O)Cc1ccc(NC(=O)C2CCCC(N)C2)cc1.